The van der Waals surface area contributed by atoms with Gasteiger partial charge in [-0.1, -0.05) is 12.1 Å². The summed E-state index contributed by atoms with van der Waals surface area (Å²) in [6, 6.07) is 8.81. The van der Waals surface area contributed by atoms with Crippen LogP contribution in [0.3, 0.4) is 0 Å². The molecule has 6 heteroatoms. The van der Waals surface area contributed by atoms with Crippen molar-refractivity contribution in [3.05, 3.63) is 59.7 Å². The summed E-state index contributed by atoms with van der Waals surface area (Å²) in [5, 5.41) is 30.6. The molecule has 1 amide bonds. The Hall–Kier alpha value is -3.28. The van der Waals surface area contributed by atoms with Crippen LogP contribution in [0.2, 0.25) is 0 Å². The Labute approximate surface area is 138 Å². The highest BCUT2D eigenvalue weighted by Gasteiger charge is 2.05. The normalized spacial score (nSPS) is 10.7. The summed E-state index contributed by atoms with van der Waals surface area (Å²) in [5.74, 6) is -1.36. The van der Waals surface area contributed by atoms with Crippen molar-refractivity contribution < 1.29 is 24.9 Å². The summed E-state index contributed by atoms with van der Waals surface area (Å²) in [6.07, 6.45) is 2.30. The molecule has 0 saturated heterocycles. The molecule has 0 heterocycles. The molecule has 24 heavy (non-hydrogen) atoms. The first-order valence-electron chi connectivity index (χ1n) is 7.17. The number of hydrogen-bond donors (Lipinski definition) is 4. The summed E-state index contributed by atoms with van der Waals surface area (Å²) >= 11 is 0. The minimum Gasteiger partial charge on any atom is -0.508 e. The van der Waals surface area contributed by atoms with Gasteiger partial charge in [-0.3, -0.25) is 9.59 Å². The average Bonchev–Trinajstić information content (AvgIpc) is 2.53. The fourth-order valence-corrected chi connectivity index (χ4v) is 1.98. The highest BCUT2D eigenvalue weighted by molar-refractivity contribution is 6.04. The van der Waals surface area contributed by atoms with Crippen molar-refractivity contribution in [3.8, 4) is 17.2 Å². The zero-order valence-corrected chi connectivity index (χ0v) is 13.0. The van der Waals surface area contributed by atoms with Crippen molar-refractivity contribution in [3.63, 3.8) is 0 Å². The Morgan fingerprint density at radius 1 is 0.958 bits per heavy atom. The first-order valence-corrected chi connectivity index (χ1v) is 7.17. The summed E-state index contributed by atoms with van der Waals surface area (Å²) in [6.45, 7) is 1.76. The van der Waals surface area contributed by atoms with E-state index in [1.54, 1.807) is 19.1 Å². The first kappa shape index (κ1) is 17.1. The predicted molar refractivity (Wildman–Crippen MR) is 89.1 cm³/mol. The molecule has 0 radical (unpaired) electrons. The van der Waals surface area contributed by atoms with Crippen LogP contribution in [0.1, 0.15) is 11.1 Å². The van der Waals surface area contributed by atoms with E-state index in [1.165, 1.54) is 24.3 Å². The fraction of sp³-hybridized carbons (Fsp3) is 0.111. The first-order chi connectivity index (χ1) is 11.3. The van der Waals surface area contributed by atoms with Gasteiger partial charge in [-0.05, 0) is 42.3 Å². The van der Waals surface area contributed by atoms with Crippen molar-refractivity contribution in [2.75, 3.05) is 5.32 Å². The van der Waals surface area contributed by atoms with Crippen LogP contribution >= 0.6 is 0 Å². The highest BCUT2D eigenvalue weighted by atomic mass is 16.3. The molecule has 0 unspecified atom stereocenters. The van der Waals surface area contributed by atoms with Crippen molar-refractivity contribution in [2.45, 2.75) is 13.3 Å². The van der Waals surface area contributed by atoms with Crippen molar-refractivity contribution in [1.82, 2.24) is 0 Å². The Morgan fingerprint density at radius 3 is 2.38 bits per heavy atom. The molecule has 6 nitrogen and oxygen atoms in total. The van der Waals surface area contributed by atoms with Gasteiger partial charge >= 0.3 is 0 Å². The summed E-state index contributed by atoms with van der Waals surface area (Å²) in [5.41, 5.74) is 1.66. The second kappa shape index (κ2) is 7.32. The number of benzene rings is 2. The van der Waals surface area contributed by atoms with Crippen LogP contribution in [0.25, 0.3) is 0 Å². The molecule has 2 rings (SSSR count). The van der Waals surface area contributed by atoms with Crippen LogP contribution in [0.4, 0.5) is 5.69 Å². The summed E-state index contributed by atoms with van der Waals surface area (Å²) in [4.78, 5) is 23.6. The molecule has 0 atom stereocenters. The second-order valence-corrected chi connectivity index (χ2v) is 5.29. The molecular weight excluding hydrogens is 310 g/mol. The number of hydrogen-bond acceptors (Lipinski definition) is 5. The number of ketones is 1. The molecule has 2 aromatic rings. The minimum atomic E-state index is -0.541. The Kier molecular flexibility index (Phi) is 5.21. The van der Waals surface area contributed by atoms with E-state index in [1.807, 2.05) is 0 Å². The summed E-state index contributed by atoms with van der Waals surface area (Å²) in [7, 11) is 0. The quantitative estimate of drug-likeness (QED) is 0.383. The van der Waals surface area contributed by atoms with Crippen LogP contribution in [-0.4, -0.2) is 27.0 Å². The van der Waals surface area contributed by atoms with Gasteiger partial charge in [-0.15, -0.1) is 0 Å². The third-order valence-electron chi connectivity index (χ3n) is 3.32. The van der Waals surface area contributed by atoms with Gasteiger partial charge in [0, 0.05) is 24.3 Å². The van der Waals surface area contributed by atoms with Gasteiger partial charge in [-0.25, -0.2) is 0 Å². The largest absolute Gasteiger partial charge is 0.508 e. The van der Waals surface area contributed by atoms with E-state index in [4.69, 9.17) is 0 Å². The Morgan fingerprint density at radius 2 is 1.71 bits per heavy atom. The molecule has 0 fully saturated rings. The zero-order chi connectivity index (χ0) is 17.7. The van der Waals surface area contributed by atoms with E-state index in [2.05, 4.69) is 5.32 Å². The number of nitrogens with one attached hydrogen (secondary N) is 1. The molecular formula is C18H17NO5. The molecule has 0 aliphatic rings. The third kappa shape index (κ3) is 4.61. The number of phenols is 3. The molecule has 2 aromatic carbocycles. The molecule has 0 aliphatic heterocycles. The van der Waals surface area contributed by atoms with Gasteiger partial charge in [0.15, 0.2) is 17.3 Å². The lowest BCUT2D eigenvalue weighted by atomic mass is 10.1. The van der Waals surface area contributed by atoms with Gasteiger partial charge < -0.3 is 20.6 Å². The van der Waals surface area contributed by atoms with Crippen molar-refractivity contribution >= 4 is 17.4 Å². The molecule has 0 aliphatic carbocycles. The smallest absolute Gasteiger partial charge is 0.248 e. The van der Waals surface area contributed by atoms with E-state index < -0.39 is 5.91 Å². The van der Waals surface area contributed by atoms with Gasteiger partial charge in [0.1, 0.15) is 5.75 Å². The van der Waals surface area contributed by atoms with Crippen molar-refractivity contribution in [2.24, 2.45) is 0 Å². The number of aryl methyl sites for hydroxylation is 1. The van der Waals surface area contributed by atoms with Crippen LogP contribution in [0.15, 0.2) is 48.6 Å². The van der Waals surface area contributed by atoms with E-state index in [9.17, 15) is 24.9 Å². The van der Waals surface area contributed by atoms with E-state index in [-0.39, 0.29) is 35.1 Å². The number of anilines is 1. The topological polar surface area (TPSA) is 107 Å². The number of carbonyl (C=O) groups is 2. The molecule has 124 valence electrons. The second-order valence-electron chi connectivity index (χ2n) is 5.29. The molecule has 0 bridgehead atoms. The summed E-state index contributed by atoms with van der Waals surface area (Å²) < 4.78 is 0. The lowest BCUT2D eigenvalue weighted by Gasteiger charge is -2.04. The number of amides is 1. The maximum atomic E-state index is 11.8. The van der Waals surface area contributed by atoms with Gasteiger partial charge in [-0.2, -0.15) is 0 Å². The van der Waals surface area contributed by atoms with Crippen LogP contribution in [-0.2, 0) is 16.0 Å². The monoisotopic (exact) mass is 327 g/mol. The van der Waals surface area contributed by atoms with Gasteiger partial charge in [0.05, 0.1) is 0 Å². The lowest BCUT2D eigenvalue weighted by Crippen LogP contribution is -2.09. The number of aromatic hydroxyl groups is 3. The standard InChI is InChI=1S/C18H17NO5/c1-11-2-3-12(9-16(11)22)8-14(20)5-7-18(24)19-13-4-6-15(21)17(23)10-13/h2-7,9-10,21-23H,8H2,1H3,(H,19,24)/b7-5+. The van der Waals surface area contributed by atoms with E-state index in [0.717, 1.165) is 17.7 Å². The SMILES string of the molecule is Cc1ccc(CC(=O)/C=C/C(=O)Nc2ccc(O)c(O)c2)cc1O. The molecule has 0 aromatic heterocycles. The third-order valence-corrected chi connectivity index (χ3v) is 3.32. The van der Waals surface area contributed by atoms with Crippen LogP contribution in [0, 0.1) is 6.92 Å². The van der Waals surface area contributed by atoms with Crippen molar-refractivity contribution in [1.29, 1.82) is 0 Å². The van der Waals surface area contributed by atoms with E-state index >= 15 is 0 Å². The lowest BCUT2D eigenvalue weighted by molar-refractivity contribution is -0.115. The Bertz CT molecular complexity index is 744. The molecule has 4 N–H and O–H groups in total. The van der Waals surface area contributed by atoms with E-state index in [0.29, 0.717) is 5.56 Å². The maximum absolute atomic E-state index is 11.8. The number of rotatable bonds is 5. The van der Waals surface area contributed by atoms with Crippen LogP contribution < -0.4 is 5.32 Å². The fourth-order valence-electron chi connectivity index (χ4n) is 1.98. The molecule has 0 spiro atoms. The Balaban J connectivity index is 1.93. The predicted octanol–water partition coefficient (Wildman–Crippen LogP) is 2.42. The number of carbonyl (C=O) groups excluding carboxylic acids is 2. The maximum Gasteiger partial charge on any atom is 0.248 e. The molecule has 0 saturated carbocycles. The average molecular weight is 327 g/mol. The number of phenolic OH excluding ortho intramolecular Hbond substituents is 3. The zero-order valence-electron chi connectivity index (χ0n) is 13.0. The highest BCUT2D eigenvalue weighted by Crippen LogP contribution is 2.27. The van der Waals surface area contributed by atoms with Gasteiger partial charge in [0.25, 0.3) is 0 Å². The van der Waals surface area contributed by atoms with Crippen LogP contribution in [0.5, 0.6) is 17.2 Å². The minimum absolute atomic E-state index is 0.0671. The number of allylic oxidation sites excluding steroid dienone is 1. The van der Waals surface area contributed by atoms with Gasteiger partial charge in [0.2, 0.25) is 5.91 Å².